The SMILES string of the molecule is Cl.NC1(c2noc(-c3ccc([N+](=O)[O-])cc3Br)n2)CCC1. The van der Waals surface area contributed by atoms with Gasteiger partial charge in [-0.3, -0.25) is 10.1 Å². The minimum Gasteiger partial charge on any atom is -0.334 e. The average molecular weight is 376 g/mol. The number of halogens is 2. The molecule has 2 N–H and O–H groups in total. The Morgan fingerprint density at radius 2 is 2.14 bits per heavy atom. The topological polar surface area (TPSA) is 108 Å². The van der Waals surface area contributed by atoms with Crippen LogP contribution in [0.15, 0.2) is 27.2 Å². The zero-order valence-corrected chi connectivity index (χ0v) is 13.2. The highest BCUT2D eigenvalue weighted by Gasteiger charge is 2.39. The normalized spacial score (nSPS) is 15.9. The lowest BCUT2D eigenvalue weighted by Gasteiger charge is -2.34. The van der Waals surface area contributed by atoms with Crippen molar-refractivity contribution in [2.24, 2.45) is 5.73 Å². The fourth-order valence-electron chi connectivity index (χ4n) is 2.11. The molecule has 21 heavy (non-hydrogen) atoms. The van der Waals surface area contributed by atoms with Gasteiger partial charge in [0.15, 0.2) is 5.82 Å². The van der Waals surface area contributed by atoms with E-state index in [-0.39, 0.29) is 18.1 Å². The first-order valence-electron chi connectivity index (χ1n) is 6.07. The van der Waals surface area contributed by atoms with Gasteiger partial charge in [0.2, 0.25) is 0 Å². The molecule has 1 heterocycles. The van der Waals surface area contributed by atoms with Crippen LogP contribution in [0.5, 0.6) is 0 Å². The molecule has 1 aliphatic rings. The van der Waals surface area contributed by atoms with E-state index in [2.05, 4.69) is 26.1 Å². The minimum absolute atomic E-state index is 0. The second kappa shape index (κ2) is 5.70. The van der Waals surface area contributed by atoms with Crippen molar-refractivity contribution in [1.29, 1.82) is 0 Å². The van der Waals surface area contributed by atoms with Crippen LogP contribution in [0.25, 0.3) is 11.5 Å². The molecule has 0 bridgehead atoms. The molecule has 0 spiro atoms. The molecule has 0 amide bonds. The van der Waals surface area contributed by atoms with Crippen LogP contribution in [-0.2, 0) is 5.54 Å². The van der Waals surface area contributed by atoms with Crippen molar-refractivity contribution in [3.05, 3.63) is 38.6 Å². The van der Waals surface area contributed by atoms with E-state index in [9.17, 15) is 10.1 Å². The van der Waals surface area contributed by atoms with Crippen molar-refractivity contribution in [2.75, 3.05) is 0 Å². The van der Waals surface area contributed by atoms with Crippen LogP contribution in [0.1, 0.15) is 25.1 Å². The maximum absolute atomic E-state index is 10.7. The standard InChI is InChI=1S/C12H11BrN4O3.ClH/c13-9-6-7(17(18)19)2-3-8(9)10-15-11(16-20-10)12(14)4-1-5-12;/h2-3,6H,1,4-5,14H2;1H. The Balaban J connectivity index is 0.00000161. The van der Waals surface area contributed by atoms with Gasteiger partial charge in [-0.15, -0.1) is 12.4 Å². The molecule has 1 fully saturated rings. The number of rotatable bonds is 3. The molecule has 1 saturated carbocycles. The van der Waals surface area contributed by atoms with E-state index in [4.69, 9.17) is 10.3 Å². The first kappa shape index (κ1) is 15.9. The maximum atomic E-state index is 10.7. The molecular formula is C12H12BrClN4O3. The summed E-state index contributed by atoms with van der Waals surface area (Å²) in [4.78, 5) is 14.5. The van der Waals surface area contributed by atoms with Crippen LogP contribution in [0.2, 0.25) is 0 Å². The molecule has 1 aliphatic carbocycles. The van der Waals surface area contributed by atoms with Gasteiger partial charge in [0.1, 0.15) is 0 Å². The van der Waals surface area contributed by atoms with Gasteiger partial charge < -0.3 is 10.3 Å². The fraction of sp³-hybridized carbons (Fsp3) is 0.333. The van der Waals surface area contributed by atoms with Gasteiger partial charge in [-0.05, 0) is 41.3 Å². The molecule has 2 aromatic rings. The Hall–Kier alpha value is -1.51. The second-order valence-electron chi connectivity index (χ2n) is 4.85. The molecule has 7 nitrogen and oxygen atoms in total. The molecular weight excluding hydrogens is 364 g/mol. The summed E-state index contributed by atoms with van der Waals surface area (Å²) in [6, 6.07) is 4.37. The Morgan fingerprint density at radius 3 is 2.67 bits per heavy atom. The molecule has 0 aliphatic heterocycles. The summed E-state index contributed by atoms with van der Waals surface area (Å²) in [5.74, 6) is 0.794. The van der Waals surface area contributed by atoms with E-state index in [1.54, 1.807) is 6.07 Å². The molecule has 0 atom stereocenters. The molecule has 0 saturated heterocycles. The predicted molar refractivity (Wildman–Crippen MR) is 81.1 cm³/mol. The molecule has 1 aromatic carbocycles. The smallest absolute Gasteiger partial charge is 0.270 e. The van der Waals surface area contributed by atoms with Crippen LogP contribution in [0.4, 0.5) is 5.69 Å². The van der Waals surface area contributed by atoms with Crippen LogP contribution in [0.3, 0.4) is 0 Å². The lowest BCUT2D eigenvalue weighted by atomic mass is 9.77. The summed E-state index contributed by atoms with van der Waals surface area (Å²) in [6.07, 6.45) is 2.74. The summed E-state index contributed by atoms with van der Waals surface area (Å²) in [6.45, 7) is 0. The second-order valence-corrected chi connectivity index (χ2v) is 5.71. The first-order chi connectivity index (χ1) is 9.49. The summed E-state index contributed by atoms with van der Waals surface area (Å²) in [5.41, 5.74) is 6.24. The van der Waals surface area contributed by atoms with E-state index in [1.807, 2.05) is 0 Å². The van der Waals surface area contributed by atoms with Gasteiger partial charge in [0.05, 0.1) is 16.0 Å². The summed E-state index contributed by atoms with van der Waals surface area (Å²) in [5, 5.41) is 14.6. The van der Waals surface area contributed by atoms with Gasteiger partial charge >= 0.3 is 0 Å². The number of aromatic nitrogens is 2. The van der Waals surface area contributed by atoms with Crippen molar-refractivity contribution in [1.82, 2.24) is 10.1 Å². The third kappa shape index (κ3) is 2.78. The van der Waals surface area contributed by atoms with E-state index in [0.29, 0.717) is 21.8 Å². The zero-order chi connectivity index (χ0) is 14.3. The fourth-order valence-corrected chi connectivity index (χ4v) is 2.64. The molecule has 0 unspecified atom stereocenters. The summed E-state index contributed by atoms with van der Waals surface area (Å²) >= 11 is 3.28. The zero-order valence-electron chi connectivity index (χ0n) is 10.8. The van der Waals surface area contributed by atoms with Crippen molar-refractivity contribution in [3.8, 4) is 11.5 Å². The largest absolute Gasteiger partial charge is 0.334 e. The highest BCUT2D eigenvalue weighted by molar-refractivity contribution is 9.10. The number of nitro groups is 1. The van der Waals surface area contributed by atoms with Gasteiger partial charge in [0.25, 0.3) is 11.6 Å². The van der Waals surface area contributed by atoms with Crippen molar-refractivity contribution in [3.63, 3.8) is 0 Å². The highest BCUT2D eigenvalue weighted by atomic mass is 79.9. The number of hydrogen-bond acceptors (Lipinski definition) is 6. The minimum atomic E-state index is -0.491. The monoisotopic (exact) mass is 374 g/mol. The highest BCUT2D eigenvalue weighted by Crippen LogP contribution is 2.38. The molecule has 9 heteroatoms. The first-order valence-corrected chi connectivity index (χ1v) is 6.86. The van der Waals surface area contributed by atoms with E-state index in [1.165, 1.54) is 12.1 Å². The number of nitro benzene ring substituents is 1. The third-order valence-electron chi connectivity index (χ3n) is 3.51. The third-order valence-corrected chi connectivity index (χ3v) is 4.17. The summed E-state index contributed by atoms with van der Waals surface area (Å²) < 4.78 is 5.74. The number of nitrogens with two attached hydrogens (primary N) is 1. The van der Waals surface area contributed by atoms with E-state index >= 15 is 0 Å². The Morgan fingerprint density at radius 1 is 1.43 bits per heavy atom. The molecule has 0 radical (unpaired) electrons. The van der Waals surface area contributed by atoms with Crippen LogP contribution < -0.4 is 5.73 Å². The molecule has 112 valence electrons. The van der Waals surface area contributed by atoms with Crippen LogP contribution in [-0.4, -0.2) is 15.1 Å². The number of non-ortho nitro benzene ring substituents is 1. The maximum Gasteiger partial charge on any atom is 0.270 e. The van der Waals surface area contributed by atoms with Crippen LogP contribution in [0, 0.1) is 10.1 Å². The number of benzene rings is 1. The number of nitrogens with zero attached hydrogens (tertiary/aromatic N) is 3. The lowest BCUT2D eigenvalue weighted by Crippen LogP contribution is -2.44. The van der Waals surface area contributed by atoms with Crippen molar-refractivity contribution in [2.45, 2.75) is 24.8 Å². The van der Waals surface area contributed by atoms with Crippen molar-refractivity contribution >= 4 is 34.0 Å². The van der Waals surface area contributed by atoms with Crippen molar-refractivity contribution < 1.29 is 9.45 Å². The van der Waals surface area contributed by atoms with Gasteiger partial charge in [-0.1, -0.05) is 5.16 Å². The quantitative estimate of drug-likeness (QED) is 0.652. The van der Waals surface area contributed by atoms with Crippen LogP contribution >= 0.6 is 28.3 Å². The van der Waals surface area contributed by atoms with Gasteiger partial charge in [-0.25, -0.2) is 0 Å². The molecule has 1 aromatic heterocycles. The average Bonchev–Trinajstić information content (AvgIpc) is 2.85. The molecule has 3 rings (SSSR count). The Kier molecular flexibility index (Phi) is 4.31. The van der Waals surface area contributed by atoms with E-state index < -0.39 is 10.5 Å². The predicted octanol–water partition coefficient (Wildman–Crippen LogP) is 3.17. The van der Waals surface area contributed by atoms with Gasteiger partial charge in [-0.2, -0.15) is 4.98 Å². The Bertz CT molecular complexity index is 687. The van der Waals surface area contributed by atoms with E-state index in [0.717, 1.165) is 19.3 Å². The Labute approximate surface area is 134 Å². The lowest BCUT2D eigenvalue weighted by molar-refractivity contribution is -0.384. The van der Waals surface area contributed by atoms with Gasteiger partial charge in [0, 0.05) is 16.6 Å². The summed E-state index contributed by atoms with van der Waals surface area (Å²) in [7, 11) is 0. The number of hydrogen-bond donors (Lipinski definition) is 1.